The van der Waals surface area contributed by atoms with E-state index in [0.717, 1.165) is 31.6 Å². The van der Waals surface area contributed by atoms with Gasteiger partial charge in [-0.15, -0.1) is 0 Å². The Balaban J connectivity index is 2.19. The number of hydrogen-bond donors (Lipinski definition) is 1. The molecule has 0 fully saturated rings. The van der Waals surface area contributed by atoms with Crippen molar-refractivity contribution < 1.29 is 4.74 Å². The van der Waals surface area contributed by atoms with Gasteiger partial charge < -0.3 is 10.1 Å². The van der Waals surface area contributed by atoms with Gasteiger partial charge in [-0.1, -0.05) is 51.3 Å². The standard InChI is InChI=1S/C19H31NO/c1-5-8-9-12-20-17-14-19(6-2,7-3)21-18-11-10-15(4)13-16(17)18/h10-11,13,17,20H,5-9,12,14H2,1-4H3. The zero-order valence-corrected chi connectivity index (χ0v) is 14.2. The van der Waals surface area contributed by atoms with Gasteiger partial charge in [0.15, 0.2) is 0 Å². The highest BCUT2D eigenvalue weighted by Crippen LogP contribution is 2.43. The highest BCUT2D eigenvalue weighted by atomic mass is 16.5. The van der Waals surface area contributed by atoms with E-state index in [4.69, 9.17) is 4.74 Å². The van der Waals surface area contributed by atoms with Crippen LogP contribution in [0.15, 0.2) is 18.2 Å². The number of hydrogen-bond acceptors (Lipinski definition) is 2. The van der Waals surface area contributed by atoms with Crippen molar-refractivity contribution in [3.63, 3.8) is 0 Å². The lowest BCUT2D eigenvalue weighted by molar-refractivity contribution is 0.0227. The first-order valence-corrected chi connectivity index (χ1v) is 8.67. The number of benzene rings is 1. The largest absolute Gasteiger partial charge is 0.487 e. The summed E-state index contributed by atoms with van der Waals surface area (Å²) in [7, 11) is 0. The van der Waals surface area contributed by atoms with E-state index in [1.165, 1.54) is 30.4 Å². The molecule has 1 N–H and O–H groups in total. The molecule has 0 radical (unpaired) electrons. The van der Waals surface area contributed by atoms with Crippen LogP contribution in [0.4, 0.5) is 0 Å². The second-order valence-corrected chi connectivity index (χ2v) is 6.45. The van der Waals surface area contributed by atoms with E-state index < -0.39 is 0 Å². The molecule has 1 unspecified atom stereocenters. The molecule has 1 aliphatic heterocycles. The summed E-state index contributed by atoms with van der Waals surface area (Å²) in [5.41, 5.74) is 2.67. The second kappa shape index (κ2) is 7.31. The highest BCUT2D eigenvalue weighted by molar-refractivity contribution is 5.41. The van der Waals surface area contributed by atoms with Crippen LogP contribution in [-0.4, -0.2) is 12.1 Å². The molecule has 1 aromatic rings. The molecule has 0 spiro atoms. The Morgan fingerprint density at radius 3 is 2.62 bits per heavy atom. The molecule has 0 saturated carbocycles. The Morgan fingerprint density at radius 1 is 1.19 bits per heavy atom. The summed E-state index contributed by atoms with van der Waals surface area (Å²) in [5.74, 6) is 1.09. The van der Waals surface area contributed by atoms with Crippen molar-refractivity contribution >= 4 is 0 Å². The Bertz CT molecular complexity index is 451. The first kappa shape index (κ1) is 16.4. The molecular formula is C19H31NO. The van der Waals surface area contributed by atoms with Crippen LogP contribution in [0.25, 0.3) is 0 Å². The summed E-state index contributed by atoms with van der Waals surface area (Å²) < 4.78 is 6.39. The fourth-order valence-corrected chi connectivity index (χ4v) is 3.31. The minimum absolute atomic E-state index is 0.00464. The Morgan fingerprint density at radius 2 is 1.95 bits per heavy atom. The average Bonchev–Trinajstić information content (AvgIpc) is 2.51. The molecule has 1 atom stereocenters. The van der Waals surface area contributed by atoms with Gasteiger partial charge in [-0.25, -0.2) is 0 Å². The Labute approximate surface area is 130 Å². The van der Waals surface area contributed by atoms with Crippen molar-refractivity contribution in [1.29, 1.82) is 0 Å². The van der Waals surface area contributed by atoms with E-state index in [0.29, 0.717) is 6.04 Å². The van der Waals surface area contributed by atoms with E-state index in [-0.39, 0.29) is 5.60 Å². The van der Waals surface area contributed by atoms with E-state index in [1.54, 1.807) is 0 Å². The molecule has 2 rings (SSSR count). The first-order chi connectivity index (χ1) is 10.1. The zero-order valence-electron chi connectivity index (χ0n) is 14.2. The van der Waals surface area contributed by atoms with Crippen molar-refractivity contribution in [2.75, 3.05) is 6.54 Å². The van der Waals surface area contributed by atoms with Gasteiger partial charge in [0, 0.05) is 18.0 Å². The van der Waals surface area contributed by atoms with Crippen LogP contribution in [0.1, 0.15) is 76.5 Å². The summed E-state index contributed by atoms with van der Waals surface area (Å²) in [5, 5.41) is 3.78. The summed E-state index contributed by atoms with van der Waals surface area (Å²) in [6.07, 6.45) is 7.08. The van der Waals surface area contributed by atoms with Crippen molar-refractivity contribution in [3.05, 3.63) is 29.3 Å². The molecule has 21 heavy (non-hydrogen) atoms. The molecule has 118 valence electrons. The number of fused-ring (bicyclic) bond motifs is 1. The molecular weight excluding hydrogens is 258 g/mol. The summed E-state index contributed by atoms with van der Waals surface area (Å²) in [6, 6.07) is 7.05. The molecule has 0 aliphatic carbocycles. The van der Waals surface area contributed by atoms with Crippen molar-refractivity contribution in [1.82, 2.24) is 5.32 Å². The zero-order chi connectivity index (χ0) is 15.3. The fraction of sp³-hybridized carbons (Fsp3) is 0.684. The maximum absolute atomic E-state index is 6.39. The van der Waals surface area contributed by atoms with Crippen LogP contribution < -0.4 is 10.1 Å². The smallest absolute Gasteiger partial charge is 0.124 e. The topological polar surface area (TPSA) is 21.3 Å². The fourth-order valence-electron chi connectivity index (χ4n) is 3.31. The van der Waals surface area contributed by atoms with Crippen LogP contribution in [0, 0.1) is 6.92 Å². The lowest BCUT2D eigenvalue weighted by Crippen LogP contribution is -2.43. The van der Waals surface area contributed by atoms with Gasteiger partial charge in [-0.3, -0.25) is 0 Å². The SMILES string of the molecule is CCCCCNC1CC(CC)(CC)Oc2ccc(C)cc21. The number of nitrogens with one attached hydrogen (secondary N) is 1. The molecule has 0 aromatic heterocycles. The quantitative estimate of drug-likeness (QED) is 0.700. The van der Waals surface area contributed by atoms with Crippen molar-refractivity contribution in [3.8, 4) is 5.75 Å². The molecule has 0 bridgehead atoms. The van der Waals surface area contributed by atoms with Gasteiger partial charge in [0.1, 0.15) is 11.4 Å². The number of rotatable bonds is 7. The number of ether oxygens (including phenoxy) is 1. The van der Waals surface area contributed by atoms with Crippen LogP contribution >= 0.6 is 0 Å². The van der Waals surface area contributed by atoms with Crippen molar-refractivity contribution in [2.24, 2.45) is 0 Å². The third-order valence-corrected chi connectivity index (χ3v) is 4.90. The molecule has 0 saturated heterocycles. The molecule has 0 amide bonds. The number of unbranched alkanes of at least 4 members (excludes halogenated alkanes) is 2. The van der Waals surface area contributed by atoms with E-state index in [2.05, 4.69) is 51.2 Å². The van der Waals surface area contributed by atoms with Crippen LogP contribution in [0.5, 0.6) is 5.75 Å². The molecule has 1 heterocycles. The second-order valence-electron chi connectivity index (χ2n) is 6.45. The molecule has 1 aliphatic rings. The summed E-state index contributed by atoms with van der Waals surface area (Å²) in [6.45, 7) is 10.0. The molecule has 1 aromatic carbocycles. The lowest BCUT2D eigenvalue weighted by atomic mass is 9.83. The minimum Gasteiger partial charge on any atom is -0.487 e. The summed E-state index contributed by atoms with van der Waals surface area (Å²) in [4.78, 5) is 0. The van der Waals surface area contributed by atoms with Crippen LogP contribution in [0.3, 0.4) is 0 Å². The third-order valence-electron chi connectivity index (χ3n) is 4.90. The Hall–Kier alpha value is -1.02. The monoisotopic (exact) mass is 289 g/mol. The molecule has 2 heteroatoms. The van der Waals surface area contributed by atoms with Gasteiger partial charge in [-0.2, -0.15) is 0 Å². The van der Waals surface area contributed by atoms with E-state index >= 15 is 0 Å². The maximum atomic E-state index is 6.39. The first-order valence-electron chi connectivity index (χ1n) is 8.67. The van der Waals surface area contributed by atoms with Gasteiger partial charge in [-0.05, 0) is 38.8 Å². The Kier molecular flexibility index (Phi) is 5.69. The molecule has 2 nitrogen and oxygen atoms in total. The van der Waals surface area contributed by atoms with Gasteiger partial charge in [0.25, 0.3) is 0 Å². The predicted molar refractivity (Wildman–Crippen MR) is 90.0 cm³/mol. The normalized spacial score (nSPS) is 19.9. The van der Waals surface area contributed by atoms with Gasteiger partial charge in [0.05, 0.1) is 0 Å². The minimum atomic E-state index is 0.00464. The van der Waals surface area contributed by atoms with Crippen LogP contribution in [0.2, 0.25) is 0 Å². The highest BCUT2D eigenvalue weighted by Gasteiger charge is 2.38. The average molecular weight is 289 g/mol. The predicted octanol–water partition coefficient (Wildman–Crippen LogP) is 5.16. The van der Waals surface area contributed by atoms with Crippen molar-refractivity contribution in [2.45, 2.75) is 77.9 Å². The lowest BCUT2D eigenvalue weighted by Gasteiger charge is -2.42. The maximum Gasteiger partial charge on any atom is 0.124 e. The van der Waals surface area contributed by atoms with Crippen LogP contribution in [-0.2, 0) is 0 Å². The van der Waals surface area contributed by atoms with E-state index in [9.17, 15) is 0 Å². The van der Waals surface area contributed by atoms with E-state index in [1.807, 2.05) is 0 Å². The summed E-state index contributed by atoms with van der Waals surface area (Å²) >= 11 is 0. The number of aryl methyl sites for hydroxylation is 1. The van der Waals surface area contributed by atoms with Gasteiger partial charge >= 0.3 is 0 Å². The third kappa shape index (κ3) is 3.79. The van der Waals surface area contributed by atoms with Gasteiger partial charge in [0.2, 0.25) is 0 Å².